The van der Waals surface area contributed by atoms with Gasteiger partial charge in [-0.05, 0) is 93.3 Å². The maximum absolute atomic E-state index is 4.21. The van der Waals surface area contributed by atoms with E-state index in [4.69, 9.17) is 0 Å². The fourth-order valence-corrected chi connectivity index (χ4v) is 6.84. The predicted molar refractivity (Wildman–Crippen MR) is 82.4 cm³/mol. The van der Waals surface area contributed by atoms with Crippen molar-refractivity contribution in [1.82, 2.24) is 5.32 Å². The fraction of sp³-hybridized carbons (Fsp3) is 1.00. The summed E-state index contributed by atoms with van der Waals surface area (Å²) in [6.45, 7) is 0. The number of hydrogen-bond acceptors (Lipinski definition) is 1. The summed E-state index contributed by atoms with van der Waals surface area (Å²) in [5.41, 5.74) is 0. The van der Waals surface area contributed by atoms with Crippen molar-refractivity contribution in [3.8, 4) is 0 Å². The molecular formula is C19H31N. The molecule has 0 aromatic carbocycles. The molecule has 0 saturated heterocycles. The molecule has 6 aliphatic carbocycles. The third kappa shape index (κ3) is 2.16. The minimum absolute atomic E-state index is 0.886. The molecule has 2 unspecified atom stereocenters. The monoisotopic (exact) mass is 273 g/mol. The first kappa shape index (κ1) is 12.5. The van der Waals surface area contributed by atoms with Crippen LogP contribution in [-0.2, 0) is 0 Å². The zero-order chi connectivity index (χ0) is 13.1. The Morgan fingerprint density at radius 2 is 1.25 bits per heavy atom. The van der Waals surface area contributed by atoms with Crippen LogP contribution in [0.25, 0.3) is 0 Å². The van der Waals surface area contributed by atoms with Crippen molar-refractivity contribution < 1.29 is 0 Å². The summed E-state index contributed by atoms with van der Waals surface area (Å²) in [4.78, 5) is 0. The van der Waals surface area contributed by atoms with Gasteiger partial charge in [-0.25, -0.2) is 0 Å². The Bertz CT molecular complexity index is 344. The van der Waals surface area contributed by atoms with E-state index in [2.05, 4.69) is 5.32 Å². The molecule has 0 aliphatic heterocycles. The highest BCUT2D eigenvalue weighted by Gasteiger charge is 2.48. The maximum atomic E-state index is 4.21. The third-order valence-electron chi connectivity index (χ3n) is 7.66. The highest BCUT2D eigenvalue weighted by atomic mass is 15.0. The van der Waals surface area contributed by atoms with Gasteiger partial charge in [0.05, 0.1) is 0 Å². The van der Waals surface area contributed by atoms with Crippen LogP contribution in [0, 0.1) is 35.5 Å². The van der Waals surface area contributed by atoms with Crippen LogP contribution in [-0.4, -0.2) is 12.1 Å². The van der Waals surface area contributed by atoms with Crippen molar-refractivity contribution in [2.75, 3.05) is 0 Å². The van der Waals surface area contributed by atoms with Crippen molar-refractivity contribution in [3.05, 3.63) is 0 Å². The topological polar surface area (TPSA) is 12.0 Å². The molecule has 20 heavy (non-hydrogen) atoms. The third-order valence-corrected chi connectivity index (χ3v) is 7.66. The second kappa shape index (κ2) is 4.73. The first-order valence-electron chi connectivity index (χ1n) is 9.61. The Kier molecular flexibility index (Phi) is 2.96. The van der Waals surface area contributed by atoms with Crippen molar-refractivity contribution in [3.63, 3.8) is 0 Å². The van der Waals surface area contributed by atoms with E-state index in [0.29, 0.717) is 0 Å². The van der Waals surface area contributed by atoms with Crippen LogP contribution in [0.4, 0.5) is 0 Å². The van der Waals surface area contributed by atoms with Gasteiger partial charge in [-0.2, -0.15) is 0 Å². The van der Waals surface area contributed by atoms with Gasteiger partial charge in [0, 0.05) is 12.1 Å². The van der Waals surface area contributed by atoms with Crippen LogP contribution >= 0.6 is 0 Å². The molecule has 6 fully saturated rings. The summed E-state index contributed by atoms with van der Waals surface area (Å²) in [5, 5.41) is 4.21. The maximum Gasteiger partial charge on any atom is 0.0127 e. The predicted octanol–water partition coefficient (Wildman–Crippen LogP) is 4.37. The van der Waals surface area contributed by atoms with Crippen molar-refractivity contribution in [2.45, 2.75) is 82.7 Å². The average molecular weight is 273 g/mol. The minimum Gasteiger partial charge on any atom is -0.311 e. The second-order valence-corrected chi connectivity index (χ2v) is 9.08. The molecule has 6 saturated carbocycles. The summed E-state index contributed by atoms with van der Waals surface area (Å²) in [7, 11) is 0. The summed E-state index contributed by atoms with van der Waals surface area (Å²) in [6.07, 6.45) is 17.0. The highest BCUT2D eigenvalue weighted by Crippen LogP contribution is 2.54. The van der Waals surface area contributed by atoms with Gasteiger partial charge in [0.25, 0.3) is 0 Å². The van der Waals surface area contributed by atoms with Crippen molar-refractivity contribution in [1.29, 1.82) is 0 Å². The van der Waals surface area contributed by atoms with Gasteiger partial charge in [0.15, 0.2) is 0 Å². The number of hydrogen-bond donors (Lipinski definition) is 1. The summed E-state index contributed by atoms with van der Waals surface area (Å²) in [5.74, 6) is 6.61. The lowest BCUT2D eigenvalue weighted by molar-refractivity contribution is -0.0204. The van der Waals surface area contributed by atoms with Crippen LogP contribution < -0.4 is 5.32 Å². The largest absolute Gasteiger partial charge is 0.311 e. The highest BCUT2D eigenvalue weighted by molar-refractivity contribution is 5.02. The van der Waals surface area contributed by atoms with Gasteiger partial charge in [0.1, 0.15) is 0 Å². The summed E-state index contributed by atoms with van der Waals surface area (Å²) >= 11 is 0. The molecule has 6 aliphatic rings. The lowest BCUT2D eigenvalue weighted by Gasteiger charge is -2.55. The second-order valence-electron chi connectivity index (χ2n) is 9.08. The van der Waals surface area contributed by atoms with Gasteiger partial charge < -0.3 is 5.32 Å². The van der Waals surface area contributed by atoms with Crippen molar-refractivity contribution >= 4 is 0 Å². The van der Waals surface area contributed by atoms with E-state index in [0.717, 1.165) is 47.6 Å². The van der Waals surface area contributed by atoms with E-state index in [1.807, 2.05) is 0 Å². The van der Waals surface area contributed by atoms with E-state index in [1.165, 1.54) is 19.3 Å². The van der Waals surface area contributed by atoms with E-state index < -0.39 is 0 Å². The molecule has 2 atom stereocenters. The van der Waals surface area contributed by atoms with Gasteiger partial charge in [0.2, 0.25) is 0 Å². The van der Waals surface area contributed by atoms with E-state index in [1.54, 1.807) is 51.4 Å². The molecular weight excluding hydrogens is 242 g/mol. The van der Waals surface area contributed by atoms with E-state index >= 15 is 0 Å². The zero-order valence-electron chi connectivity index (χ0n) is 12.9. The molecule has 1 heteroatoms. The number of nitrogens with one attached hydrogen (secondary N) is 1. The first-order chi connectivity index (χ1) is 9.85. The van der Waals surface area contributed by atoms with Crippen LogP contribution in [0.1, 0.15) is 70.6 Å². The quantitative estimate of drug-likeness (QED) is 0.805. The lowest BCUT2D eigenvalue weighted by Crippen LogP contribution is -2.57. The molecule has 0 spiro atoms. The van der Waals surface area contributed by atoms with Crippen LogP contribution in [0.3, 0.4) is 0 Å². The van der Waals surface area contributed by atoms with Gasteiger partial charge >= 0.3 is 0 Å². The Balaban J connectivity index is 1.25. The van der Waals surface area contributed by atoms with Gasteiger partial charge in [-0.1, -0.05) is 12.8 Å². The molecule has 0 amide bonds. The lowest BCUT2D eigenvalue weighted by atomic mass is 9.54. The standard InChI is InChI=1S/C19H31N/c1-2-15(14-4-5-14)11-18(3-1)20-19-16-7-12-6-13(9-16)10-17(19)8-12/h12-20H,1-11H2. The molecule has 6 rings (SSSR count). The van der Waals surface area contributed by atoms with E-state index in [-0.39, 0.29) is 0 Å². The molecule has 0 aromatic heterocycles. The Labute approximate surface area is 124 Å². The van der Waals surface area contributed by atoms with Gasteiger partial charge in [-0.3, -0.25) is 0 Å². The molecule has 112 valence electrons. The smallest absolute Gasteiger partial charge is 0.0127 e. The van der Waals surface area contributed by atoms with Gasteiger partial charge in [-0.15, -0.1) is 0 Å². The minimum atomic E-state index is 0.886. The van der Waals surface area contributed by atoms with E-state index in [9.17, 15) is 0 Å². The first-order valence-corrected chi connectivity index (χ1v) is 9.61. The van der Waals surface area contributed by atoms with Crippen LogP contribution in [0.2, 0.25) is 0 Å². The van der Waals surface area contributed by atoms with Crippen molar-refractivity contribution in [2.24, 2.45) is 35.5 Å². The fourth-order valence-electron chi connectivity index (χ4n) is 6.84. The zero-order valence-corrected chi connectivity index (χ0v) is 12.9. The Hall–Kier alpha value is -0.0400. The molecule has 4 bridgehead atoms. The normalized spacial score (nSPS) is 54.3. The molecule has 0 aromatic rings. The van der Waals surface area contributed by atoms with Crippen LogP contribution in [0.15, 0.2) is 0 Å². The van der Waals surface area contributed by atoms with Crippen LogP contribution in [0.5, 0.6) is 0 Å². The Morgan fingerprint density at radius 3 is 1.90 bits per heavy atom. The average Bonchev–Trinajstić information content (AvgIpc) is 3.27. The summed E-state index contributed by atoms with van der Waals surface area (Å²) < 4.78 is 0. The molecule has 0 radical (unpaired) electrons. The molecule has 1 nitrogen and oxygen atoms in total. The number of rotatable bonds is 3. The Morgan fingerprint density at radius 1 is 0.550 bits per heavy atom. The molecule has 1 N–H and O–H groups in total. The summed E-state index contributed by atoms with van der Waals surface area (Å²) in [6, 6.07) is 1.81. The molecule has 0 heterocycles. The SMILES string of the molecule is C1CC(NC2C3CC4CC(C3)CC2C4)CC(C2CC2)C1.